The summed E-state index contributed by atoms with van der Waals surface area (Å²) in [6.45, 7) is 0. The van der Waals surface area contributed by atoms with Crippen LogP contribution in [0.3, 0.4) is 0 Å². The topological polar surface area (TPSA) is 29.1 Å². The van der Waals surface area contributed by atoms with E-state index in [-0.39, 0.29) is 24.2 Å². The molecule has 0 saturated heterocycles. The van der Waals surface area contributed by atoms with Crippen molar-refractivity contribution >= 4 is 12.0 Å². The molecule has 1 saturated carbocycles. The van der Waals surface area contributed by atoms with Crippen LogP contribution in [0, 0.1) is 35.1 Å². The van der Waals surface area contributed by atoms with Crippen LogP contribution in [0.2, 0.25) is 0 Å². The number of rotatable bonds is 3. The molecule has 106 valence electrons. The van der Waals surface area contributed by atoms with Gasteiger partial charge in [-0.15, -0.1) is 0 Å². The van der Waals surface area contributed by atoms with Crippen LogP contribution in [0.15, 0.2) is 12.2 Å². The summed E-state index contributed by atoms with van der Waals surface area (Å²) in [6, 6.07) is -0.264. The first-order valence-electron chi connectivity index (χ1n) is 6.30. The quantitative estimate of drug-likeness (QED) is 0.399. The van der Waals surface area contributed by atoms with Gasteiger partial charge in [0.15, 0.2) is 29.6 Å². The molecule has 2 aliphatic rings. The van der Waals surface area contributed by atoms with Crippen molar-refractivity contribution in [3.05, 3.63) is 41.0 Å². The Morgan fingerprint density at radius 2 is 1.45 bits per heavy atom. The molecule has 3 rings (SSSR count). The van der Waals surface area contributed by atoms with E-state index in [0.29, 0.717) is 0 Å². The van der Waals surface area contributed by atoms with Gasteiger partial charge in [0.2, 0.25) is 0 Å². The Balaban J connectivity index is 2.00. The molecule has 0 aliphatic heterocycles. The zero-order valence-corrected chi connectivity index (χ0v) is 10.3. The Labute approximate surface area is 112 Å². The number of fused-ring (bicyclic) bond motifs is 2. The number of aldehydes is 1. The van der Waals surface area contributed by atoms with Gasteiger partial charge in [-0.25, -0.2) is 17.6 Å². The molecule has 0 heterocycles. The predicted molar refractivity (Wildman–Crippen MR) is 64.4 cm³/mol. The van der Waals surface area contributed by atoms with Gasteiger partial charge in [0.25, 0.3) is 0 Å². The molecule has 1 aromatic carbocycles. The predicted octanol–water partition coefficient (Wildman–Crippen LogP) is 3.43. The van der Waals surface area contributed by atoms with Crippen molar-refractivity contribution in [2.75, 3.05) is 5.32 Å². The number of carbonyl (C=O) groups excluding carboxylic acids is 1. The normalized spacial score (nSPS) is 27.1. The van der Waals surface area contributed by atoms with Crippen molar-refractivity contribution in [3.8, 4) is 0 Å². The van der Waals surface area contributed by atoms with Gasteiger partial charge in [0.05, 0.1) is 5.56 Å². The average molecular weight is 285 g/mol. The summed E-state index contributed by atoms with van der Waals surface area (Å²) in [5.41, 5.74) is -2.06. The van der Waals surface area contributed by atoms with Crippen molar-refractivity contribution in [2.45, 2.75) is 18.9 Å². The third kappa shape index (κ3) is 1.74. The summed E-state index contributed by atoms with van der Waals surface area (Å²) >= 11 is 0. The summed E-state index contributed by atoms with van der Waals surface area (Å²) in [6.07, 6.45) is 5.39. The Morgan fingerprint density at radius 3 is 1.85 bits per heavy atom. The van der Waals surface area contributed by atoms with E-state index in [1.54, 1.807) is 0 Å². The first kappa shape index (κ1) is 13.1. The molecule has 2 bridgehead atoms. The molecule has 2 nitrogen and oxygen atoms in total. The van der Waals surface area contributed by atoms with E-state index in [1.165, 1.54) is 0 Å². The lowest BCUT2D eigenvalue weighted by Crippen LogP contribution is -2.27. The van der Waals surface area contributed by atoms with Gasteiger partial charge in [-0.3, -0.25) is 4.79 Å². The number of benzene rings is 1. The van der Waals surface area contributed by atoms with Crippen LogP contribution in [-0.2, 0) is 0 Å². The second-order valence-electron chi connectivity index (χ2n) is 5.12. The van der Waals surface area contributed by atoms with Crippen LogP contribution in [-0.4, -0.2) is 12.3 Å². The van der Waals surface area contributed by atoms with Crippen LogP contribution in [0.5, 0.6) is 0 Å². The van der Waals surface area contributed by atoms with Gasteiger partial charge >= 0.3 is 0 Å². The largest absolute Gasteiger partial charge is 0.376 e. The number of carbonyl (C=O) groups is 1. The lowest BCUT2D eigenvalue weighted by molar-refractivity contribution is 0.111. The van der Waals surface area contributed by atoms with Crippen LogP contribution in [0.1, 0.15) is 23.2 Å². The van der Waals surface area contributed by atoms with E-state index >= 15 is 0 Å². The minimum Gasteiger partial charge on any atom is -0.376 e. The molecular weight excluding hydrogens is 274 g/mol. The van der Waals surface area contributed by atoms with Crippen LogP contribution >= 0.6 is 0 Å². The maximum Gasteiger partial charge on any atom is 0.185 e. The van der Waals surface area contributed by atoms with Gasteiger partial charge in [0.1, 0.15) is 5.69 Å². The Hall–Kier alpha value is -1.85. The minimum absolute atomic E-state index is 0.107. The van der Waals surface area contributed by atoms with E-state index in [9.17, 15) is 22.4 Å². The number of hydrogen-bond acceptors (Lipinski definition) is 2. The second kappa shape index (κ2) is 4.61. The molecule has 0 unspecified atom stereocenters. The lowest BCUT2D eigenvalue weighted by Gasteiger charge is -2.20. The fourth-order valence-electron chi connectivity index (χ4n) is 3.04. The monoisotopic (exact) mass is 285 g/mol. The third-order valence-corrected chi connectivity index (χ3v) is 4.09. The highest BCUT2D eigenvalue weighted by Gasteiger charge is 2.39. The zero-order chi connectivity index (χ0) is 14.4. The molecule has 0 amide bonds. The van der Waals surface area contributed by atoms with Crippen LogP contribution in [0.4, 0.5) is 23.2 Å². The second-order valence-corrected chi connectivity index (χ2v) is 5.12. The Kier molecular flexibility index (Phi) is 3.03. The number of halogens is 4. The SMILES string of the molecule is O=Cc1c(F)c(F)c(N[C@H]2[C@@H]3C=C[C@H]2CC3)c(F)c1F. The molecule has 0 spiro atoms. The highest BCUT2D eigenvalue weighted by Crippen LogP contribution is 2.42. The van der Waals surface area contributed by atoms with Gasteiger partial charge in [-0.05, 0) is 24.7 Å². The van der Waals surface area contributed by atoms with Crippen LogP contribution in [0.25, 0.3) is 0 Å². The lowest BCUT2D eigenvalue weighted by atomic mass is 10.0. The molecule has 1 N–H and O–H groups in total. The number of nitrogens with one attached hydrogen (secondary N) is 1. The summed E-state index contributed by atoms with van der Waals surface area (Å²) < 4.78 is 54.6. The zero-order valence-electron chi connectivity index (χ0n) is 10.3. The van der Waals surface area contributed by atoms with E-state index in [4.69, 9.17) is 0 Å². The van der Waals surface area contributed by atoms with E-state index in [1.807, 2.05) is 12.2 Å². The molecular formula is C14H11F4NO. The van der Waals surface area contributed by atoms with E-state index in [2.05, 4.69) is 5.32 Å². The molecule has 6 heteroatoms. The van der Waals surface area contributed by atoms with E-state index < -0.39 is 34.5 Å². The Bertz CT molecular complexity index is 571. The fraction of sp³-hybridized carbons (Fsp3) is 0.357. The fourth-order valence-corrected chi connectivity index (χ4v) is 3.04. The highest BCUT2D eigenvalue weighted by molar-refractivity contribution is 5.77. The molecule has 3 atom stereocenters. The summed E-state index contributed by atoms with van der Waals surface area (Å²) in [4.78, 5) is 10.5. The standard InChI is InChI=1S/C14H11F4NO/c15-9-8(5-20)10(16)12(18)14(11(9)17)19-13-6-1-2-7(13)4-3-6/h1-2,5-7,13,19H,3-4H2/t6-,7+,13+. The van der Waals surface area contributed by atoms with Crippen molar-refractivity contribution < 1.29 is 22.4 Å². The van der Waals surface area contributed by atoms with Crippen molar-refractivity contribution in [2.24, 2.45) is 11.8 Å². The summed E-state index contributed by atoms with van der Waals surface area (Å²) in [7, 11) is 0. The number of anilines is 1. The third-order valence-electron chi connectivity index (χ3n) is 4.09. The van der Waals surface area contributed by atoms with Crippen molar-refractivity contribution in [3.63, 3.8) is 0 Å². The Morgan fingerprint density at radius 1 is 0.950 bits per heavy atom. The molecule has 0 radical (unpaired) electrons. The van der Waals surface area contributed by atoms with Crippen molar-refractivity contribution in [1.29, 1.82) is 0 Å². The van der Waals surface area contributed by atoms with Crippen LogP contribution < -0.4 is 5.32 Å². The maximum absolute atomic E-state index is 13.8. The summed E-state index contributed by atoms with van der Waals surface area (Å²) in [5, 5.41) is 2.56. The highest BCUT2D eigenvalue weighted by atomic mass is 19.2. The van der Waals surface area contributed by atoms with Gasteiger partial charge in [-0.1, -0.05) is 12.2 Å². The van der Waals surface area contributed by atoms with E-state index in [0.717, 1.165) is 12.8 Å². The molecule has 0 aromatic heterocycles. The summed E-state index contributed by atoms with van der Waals surface area (Å²) in [5.74, 6) is -6.24. The van der Waals surface area contributed by atoms with Gasteiger partial charge < -0.3 is 5.32 Å². The first-order chi connectivity index (χ1) is 9.54. The smallest absolute Gasteiger partial charge is 0.185 e. The van der Waals surface area contributed by atoms with Gasteiger partial charge in [0, 0.05) is 6.04 Å². The maximum atomic E-state index is 13.8. The number of hydrogen-bond donors (Lipinski definition) is 1. The molecule has 20 heavy (non-hydrogen) atoms. The first-order valence-corrected chi connectivity index (χ1v) is 6.30. The molecule has 1 fully saturated rings. The molecule has 2 aliphatic carbocycles. The van der Waals surface area contributed by atoms with Crippen molar-refractivity contribution in [1.82, 2.24) is 0 Å². The average Bonchev–Trinajstić information content (AvgIpc) is 3.01. The molecule has 1 aromatic rings. The minimum atomic E-state index is -1.67. The van der Waals surface area contributed by atoms with Gasteiger partial charge in [-0.2, -0.15) is 0 Å².